The van der Waals surface area contributed by atoms with Gasteiger partial charge in [-0.05, 0) is 18.2 Å². The molecule has 0 aliphatic heterocycles. The second kappa shape index (κ2) is 6.05. The van der Waals surface area contributed by atoms with E-state index in [0.717, 1.165) is 0 Å². The van der Waals surface area contributed by atoms with Gasteiger partial charge in [0.15, 0.2) is 0 Å². The van der Waals surface area contributed by atoms with Gasteiger partial charge in [0.05, 0.1) is 16.6 Å². The number of terminal acetylenes is 1. The zero-order valence-electron chi connectivity index (χ0n) is 9.31. The van der Waals surface area contributed by atoms with Crippen LogP contribution in [-0.2, 0) is 4.79 Å². The number of amides is 1. The van der Waals surface area contributed by atoms with Gasteiger partial charge in [-0.2, -0.15) is 0 Å². The predicted octanol–water partition coefficient (Wildman–Crippen LogP) is 1.33. The maximum atomic E-state index is 11.5. The number of hydrogen-bond donors (Lipinski definition) is 3. The van der Waals surface area contributed by atoms with Gasteiger partial charge in [0.25, 0.3) is 0 Å². The number of anilines is 1. The molecule has 1 aromatic rings. The Bertz CT molecular complexity index is 523. The van der Waals surface area contributed by atoms with Crippen LogP contribution in [0.3, 0.4) is 0 Å². The van der Waals surface area contributed by atoms with Crippen LogP contribution >= 0.6 is 11.6 Å². The fourth-order valence-electron chi connectivity index (χ4n) is 1.22. The second-order valence-electron chi connectivity index (χ2n) is 3.50. The van der Waals surface area contributed by atoms with E-state index in [0.29, 0.717) is 5.69 Å². The molecular weight excluding hydrogens is 256 g/mol. The van der Waals surface area contributed by atoms with Gasteiger partial charge < -0.3 is 16.2 Å². The number of halogens is 1. The smallest absolute Gasteiger partial charge is 0.337 e. The minimum Gasteiger partial charge on any atom is -0.478 e. The van der Waals surface area contributed by atoms with E-state index in [2.05, 4.69) is 11.2 Å². The number of benzene rings is 1. The molecule has 0 heterocycles. The summed E-state index contributed by atoms with van der Waals surface area (Å²) < 4.78 is 0. The summed E-state index contributed by atoms with van der Waals surface area (Å²) in [5.41, 5.74) is 5.83. The summed E-state index contributed by atoms with van der Waals surface area (Å²) in [5, 5.41) is 11.3. The van der Waals surface area contributed by atoms with Crippen molar-refractivity contribution < 1.29 is 14.7 Å². The number of rotatable bonds is 4. The van der Waals surface area contributed by atoms with Crippen molar-refractivity contribution in [3.05, 3.63) is 28.8 Å². The SMILES string of the molecule is C#CCC(N)C(=O)Nc1ccc(C(=O)O)c(Cl)c1. The van der Waals surface area contributed by atoms with Gasteiger partial charge in [0.2, 0.25) is 5.91 Å². The van der Waals surface area contributed by atoms with E-state index in [9.17, 15) is 9.59 Å². The molecule has 6 heteroatoms. The summed E-state index contributed by atoms with van der Waals surface area (Å²) in [6, 6.07) is 3.25. The third-order valence-corrected chi connectivity index (χ3v) is 2.45. The molecule has 1 amide bonds. The van der Waals surface area contributed by atoms with Gasteiger partial charge in [0, 0.05) is 12.1 Å². The molecule has 0 fully saturated rings. The monoisotopic (exact) mass is 266 g/mol. The first kappa shape index (κ1) is 14.0. The first-order valence-corrected chi connectivity index (χ1v) is 5.36. The van der Waals surface area contributed by atoms with Crippen LogP contribution < -0.4 is 11.1 Å². The van der Waals surface area contributed by atoms with Crippen LogP contribution in [0.1, 0.15) is 16.8 Å². The quantitative estimate of drug-likeness (QED) is 0.717. The van der Waals surface area contributed by atoms with E-state index in [4.69, 9.17) is 28.9 Å². The fourth-order valence-corrected chi connectivity index (χ4v) is 1.48. The number of nitrogens with one attached hydrogen (secondary N) is 1. The molecule has 0 saturated carbocycles. The average Bonchev–Trinajstić information content (AvgIpc) is 2.28. The van der Waals surface area contributed by atoms with Crippen molar-refractivity contribution >= 4 is 29.2 Å². The summed E-state index contributed by atoms with van der Waals surface area (Å²) in [7, 11) is 0. The Kier molecular flexibility index (Phi) is 4.72. The van der Waals surface area contributed by atoms with E-state index >= 15 is 0 Å². The highest BCUT2D eigenvalue weighted by atomic mass is 35.5. The largest absolute Gasteiger partial charge is 0.478 e. The molecule has 18 heavy (non-hydrogen) atoms. The Balaban J connectivity index is 2.81. The molecule has 1 rings (SSSR count). The zero-order valence-corrected chi connectivity index (χ0v) is 10.1. The molecule has 0 bridgehead atoms. The first-order chi connectivity index (χ1) is 8.45. The van der Waals surface area contributed by atoms with E-state index in [-0.39, 0.29) is 17.0 Å². The molecule has 1 unspecified atom stereocenters. The molecule has 0 radical (unpaired) electrons. The Morgan fingerprint density at radius 1 is 1.56 bits per heavy atom. The zero-order chi connectivity index (χ0) is 13.7. The minimum absolute atomic E-state index is 0.0332. The highest BCUT2D eigenvalue weighted by Crippen LogP contribution is 2.21. The lowest BCUT2D eigenvalue weighted by atomic mass is 10.2. The highest BCUT2D eigenvalue weighted by Gasteiger charge is 2.14. The van der Waals surface area contributed by atoms with Gasteiger partial charge in [-0.25, -0.2) is 4.79 Å². The maximum absolute atomic E-state index is 11.5. The topological polar surface area (TPSA) is 92.4 Å². The Morgan fingerprint density at radius 3 is 2.72 bits per heavy atom. The molecule has 0 aliphatic rings. The first-order valence-electron chi connectivity index (χ1n) is 4.98. The van der Waals surface area contributed by atoms with E-state index < -0.39 is 17.9 Å². The molecule has 0 aromatic heterocycles. The lowest BCUT2D eigenvalue weighted by Crippen LogP contribution is -2.35. The van der Waals surface area contributed by atoms with Crippen molar-refractivity contribution in [3.8, 4) is 12.3 Å². The summed E-state index contributed by atoms with van der Waals surface area (Å²) in [6.45, 7) is 0. The van der Waals surface area contributed by atoms with Crippen molar-refractivity contribution in [2.24, 2.45) is 5.73 Å². The van der Waals surface area contributed by atoms with Crippen LogP contribution in [0.15, 0.2) is 18.2 Å². The van der Waals surface area contributed by atoms with Crippen LogP contribution in [-0.4, -0.2) is 23.0 Å². The van der Waals surface area contributed by atoms with Crippen LogP contribution in [0.2, 0.25) is 5.02 Å². The van der Waals surface area contributed by atoms with Crippen molar-refractivity contribution in [1.29, 1.82) is 0 Å². The molecular formula is C12H11ClN2O3. The summed E-state index contributed by atoms with van der Waals surface area (Å²) >= 11 is 5.75. The molecule has 1 aromatic carbocycles. The summed E-state index contributed by atoms with van der Waals surface area (Å²) in [5.74, 6) is 0.691. The number of carbonyl (C=O) groups excluding carboxylic acids is 1. The molecule has 5 nitrogen and oxygen atoms in total. The lowest BCUT2D eigenvalue weighted by molar-refractivity contribution is -0.117. The number of carboxylic acid groups (broad SMARTS) is 1. The third kappa shape index (κ3) is 3.48. The number of hydrogen-bond acceptors (Lipinski definition) is 3. The van der Waals surface area contributed by atoms with Gasteiger partial charge in [0.1, 0.15) is 0 Å². The van der Waals surface area contributed by atoms with E-state index in [1.807, 2.05) is 0 Å². The summed E-state index contributed by atoms with van der Waals surface area (Å²) in [6.07, 6.45) is 5.16. The molecule has 0 aliphatic carbocycles. The highest BCUT2D eigenvalue weighted by molar-refractivity contribution is 6.33. The predicted molar refractivity (Wildman–Crippen MR) is 68.5 cm³/mol. The molecule has 0 spiro atoms. The summed E-state index contributed by atoms with van der Waals surface area (Å²) in [4.78, 5) is 22.3. The van der Waals surface area contributed by atoms with Crippen molar-refractivity contribution in [3.63, 3.8) is 0 Å². The lowest BCUT2D eigenvalue weighted by Gasteiger charge is -2.10. The Morgan fingerprint density at radius 2 is 2.22 bits per heavy atom. The third-order valence-electron chi connectivity index (χ3n) is 2.14. The molecule has 0 saturated heterocycles. The Hall–Kier alpha value is -2.03. The minimum atomic E-state index is -1.14. The van der Waals surface area contributed by atoms with Gasteiger partial charge >= 0.3 is 5.97 Å². The number of carbonyl (C=O) groups is 2. The molecule has 94 valence electrons. The molecule has 1 atom stereocenters. The standard InChI is InChI=1S/C12H11ClN2O3/c1-2-3-10(14)11(16)15-7-4-5-8(12(17)18)9(13)6-7/h1,4-6,10H,3,14H2,(H,15,16)(H,17,18). The maximum Gasteiger partial charge on any atom is 0.337 e. The fraction of sp³-hybridized carbons (Fsp3) is 0.167. The number of carboxylic acids is 1. The van der Waals surface area contributed by atoms with Crippen LogP contribution in [0.5, 0.6) is 0 Å². The van der Waals surface area contributed by atoms with Crippen LogP contribution in [0.4, 0.5) is 5.69 Å². The normalized spacial score (nSPS) is 11.4. The van der Waals surface area contributed by atoms with Crippen molar-refractivity contribution in [2.75, 3.05) is 5.32 Å². The molecule has 4 N–H and O–H groups in total. The van der Waals surface area contributed by atoms with Gasteiger partial charge in [-0.3, -0.25) is 4.79 Å². The van der Waals surface area contributed by atoms with Gasteiger partial charge in [-0.1, -0.05) is 11.6 Å². The van der Waals surface area contributed by atoms with Gasteiger partial charge in [-0.15, -0.1) is 12.3 Å². The van der Waals surface area contributed by atoms with Crippen molar-refractivity contribution in [1.82, 2.24) is 0 Å². The van der Waals surface area contributed by atoms with Crippen LogP contribution in [0, 0.1) is 12.3 Å². The second-order valence-corrected chi connectivity index (χ2v) is 3.91. The van der Waals surface area contributed by atoms with E-state index in [1.54, 1.807) is 0 Å². The number of nitrogens with two attached hydrogens (primary N) is 1. The number of aromatic carboxylic acids is 1. The average molecular weight is 267 g/mol. The van der Waals surface area contributed by atoms with Crippen molar-refractivity contribution in [2.45, 2.75) is 12.5 Å². The van der Waals surface area contributed by atoms with Crippen LogP contribution in [0.25, 0.3) is 0 Å². The Labute approximate surface area is 109 Å². The van der Waals surface area contributed by atoms with E-state index in [1.165, 1.54) is 18.2 Å².